The molecule has 0 aliphatic carbocycles. The van der Waals surface area contributed by atoms with Gasteiger partial charge in [-0.3, -0.25) is 4.79 Å². The Hall–Kier alpha value is -4.12. The van der Waals surface area contributed by atoms with Crippen molar-refractivity contribution in [3.63, 3.8) is 0 Å². The molecule has 0 saturated carbocycles. The second-order valence-electron chi connectivity index (χ2n) is 7.95. The lowest BCUT2D eigenvalue weighted by Crippen LogP contribution is -2.36. The fraction of sp³-hybridized carbons (Fsp3) is 0.208. The summed E-state index contributed by atoms with van der Waals surface area (Å²) < 4.78 is 43.9. The Labute approximate surface area is 197 Å². The summed E-state index contributed by atoms with van der Waals surface area (Å²) in [6, 6.07) is 13.3. The quantitative estimate of drug-likeness (QED) is 0.381. The van der Waals surface area contributed by atoms with Crippen molar-refractivity contribution in [2.24, 2.45) is 0 Å². The minimum Gasteiger partial charge on any atom is -0.378 e. The lowest BCUT2D eigenvalue weighted by molar-refractivity contribution is -0.137. The van der Waals surface area contributed by atoms with Gasteiger partial charge in [-0.25, -0.2) is 9.97 Å². The topological polar surface area (TPSA) is 95.2 Å². The molecule has 1 aromatic carbocycles. The highest BCUT2D eigenvalue weighted by molar-refractivity contribution is 5.94. The molecule has 0 radical (unpaired) electrons. The minimum absolute atomic E-state index is 0.190. The maximum atomic E-state index is 12.8. The number of fused-ring (bicyclic) bond motifs is 1. The van der Waals surface area contributed by atoms with Crippen LogP contribution in [0.5, 0.6) is 0 Å². The third-order valence-corrected chi connectivity index (χ3v) is 5.61. The van der Waals surface area contributed by atoms with E-state index in [1.807, 2.05) is 24.3 Å². The van der Waals surface area contributed by atoms with E-state index < -0.39 is 11.7 Å². The lowest BCUT2D eigenvalue weighted by atomic mass is 10.2. The number of aromatic nitrogens is 3. The van der Waals surface area contributed by atoms with Gasteiger partial charge in [-0.15, -0.1) is 0 Å². The van der Waals surface area contributed by atoms with E-state index in [4.69, 9.17) is 4.74 Å². The van der Waals surface area contributed by atoms with Crippen LogP contribution in [0.4, 0.5) is 42.0 Å². The molecule has 5 rings (SSSR count). The molecule has 0 amide bonds. The Morgan fingerprint density at radius 2 is 1.74 bits per heavy atom. The van der Waals surface area contributed by atoms with Crippen molar-refractivity contribution in [1.82, 2.24) is 15.0 Å². The largest absolute Gasteiger partial charge is 0.417 e. The van der Waals surface area contributed by atoms with E-state index in [1.165, 1.54) is 12.3 Å². The molecule has 35 heavy (non-hydrogen) atoms. The zero-order valence-corrected chi connectivity index (χ0v) is 18.4. The molecular formula is C24H21F3N6O2. The fourth-order valence-electron chi connectivity index (χ4n) is 3.85. The normalized spacial score (nSPS) is 14.2. The zero-order chi connectivity index (χ0) is 24.4. The number of ether oxygens (including phenoxy) is 1. The molecular weight excluding hydrogens is 461 g/mol. The maximum Gasteiger partial charge on any atom is 0.417 e. The average Bonchev–Trinajstić information content (AvgIpc) is 2.85. The number of hydrogen-bond donors (Lipinski definition) is 3. The summed E-state index contributed by atoms with van der Waals surface area (Å²) in [4.78, 5) is 25.8. The first-order chi connectivity index (χ1) is 16.9. The highest BCUT2D eigenvalue weighted by atomic mass is 19.4. The molecule has 4 aromatic rings. The van der Waals surface area contributed by atoms with Crippen molar-refractivity contribution in [2.75, 3.05) is 41.8 Å². The number of morpholine rings is 1. The van der Waals surface area contributed by atoms with Crippen LogP contribution < -0.4 is 21.1 Å². The maximum absolute atomic E-state index is 12.8. The van der Waals surface area contributed by atoms with Crippen LogP contribution in [0.3, 0.4) is 0 Å². The zero-order valence-electron chi connectivity index (χ0n) is 18.4. The Morgan fingerprint density at radius 3 is 2.43 bits per heavy atom. The number of nitrogens with one attached hydrogen (secondary N) is 3. The van der Waals surface area contributed by atoms with Crippen LogP contribution in [0.15, 0.2) is 65.7 Å². The van der Waals surface area contributed by atoms with Gasteiger partial charge in [0.1, 0.15) is 17.5 Å². The predicted octanol–water partition coefficient (Wildman–Crippen LogP) is 4.66. The van der Waals surface area contributed by atoms with Crippen LogP contribution in [0.1, 0.15) is 5.56 Å². The van der Waals surface area contributed by atoms with Gasteiger partial charge in [0.2, 0.25) is 0 Å². The van der Waals surface area contributed by atoms with Crippen LogP contribution >= 0.6 is 0 Å². The third-order valence-electron chi connectivity index (χ3n) is 5.61. The van der Waals surface area contributed by atoms with Crippen molar-refractivity contribution >= 4 is 39.6 Å². The first-order valence-electron chi connectivity index (χ1n) is 10.9. The summed E-state index contributed by atoms with van der Waals surface area (Å²) in [6.07, 6.45) is -2.20. The monoisotopic (exact) mass is 482 g/mol. The van der Waals surface area contributed by atoms with Crippen LogP contribution in [0, 0.1) is 0 Å². The molecule has 11 heteroatoms. The molecule has 0 spiro atoms. The van der Waals surface area contributed by atoms with Gasteiger partial charge < -0.3 is 25.3 Å². The number of aromatic amines is 1. The summed E-state index contributed by atoms with van der Waals surface area (Å²) >= 11 is 0. The van der Waals surface area contributed by atoms with Crippen LogP contribution in [-0.4, -0.2) is 41.3 Å². The van der Waals surface area contributed by atoms with Crippen LogP contribution in [-0.2, 0) is 10.9 Å². The molecule has 4 heterocycles. The highest BCUT2D eigenvalue weighted by Gasteiger charge is 2.30. The third kappa shape index (κ3) is 5.04. The van der Waals surface area contributed by atoms with Gasteiger partial charge in [0.25, 0.3) is 5.56 Å². The van der Waals surface area contributed by atoms with Gasteiger partial charge in [0.05, 0.1) is 24.2 Å². The van der Waals surface area contributed by atoms with Crippen molar-refractivity contribution in [3.8, 4) is 0 Å². The molecule has 3 aromatic heterocycles. The van der Waals surface area contributed by atoms with E-state index in [-0.39, 0.29) is 11.4 Å². The smallest absolute Gasteiger partial charge is 0.378 e. The standard InChI is InChI=1S/C24H21F3N6O2/c25-24(26,27)16-1-6-19(29-14-16)31-20-13-15-7-8-28-23(34)21(15)22(32-20)30-17-2-4-18(5-3-17)33-9-11-35-12-10-33/h1-8,13-14H,9-12H2,(H,28,34)(H2,29,30,31,32). The van der Waals surface area contributed by atoms with Gasteiger partial charge in [0.15, 0.2) is 0 Å². The molecule has 1 saturated heterocycles. The number of pyridine rings is 3. The molecule has 8 nitrogen and oxygen atoms in total. The summed E-state index contributed by atoms with van der Waals surface area (Å²) in [5.41, 5.74) is 0.632. The number of rotatable bonds is 5. The minimum atomic E-state index is -4.47. The number of benzene rings is 1. The fourth-order valence-corrected chi connectivity index (χ4v) is 3.85. The van der Waals surface area contributed by atoms with Gasteiger partial charge in [0, 0.05) is 36.9 Å². The lowest BCUT2D eigenvalue weighted by Gasteiger charge is -2.28. The van der Waals surface area contributed by atoms with Crippen molar-refractivity contribution in [1.29, 1.82) is 0 Å². The van der Waals surface area contributed by atoms with E-state index in [0.29, 0.717) is 35.6 Å². The van der Waals surface area contributed by atoms with Gasteiger partial charge >= 0.3 is 6.18 Å². The summed E-state index contributed by atoms with van der Waals surface area (Å²) in [5.74, 6) is 0.816. The highest BCUT2D eigenvalue weighted by Crippen LogP contribution is 2.30. The Kier molecular flexibility index (Phi) is 6.00. The Bertz CT molecular complexity index is 1380. The molecule has 1 fully saturated rings. The molecule has 3 N–H and O–H groups in total. The molecule has 1 aliphatic heterocycles. The summed E-state index contributed by atoms with van der Waals surface area (Å²) in [6.45, 7) is 3.01. The number of H-pyrrole nitrogens is 1. The number of hydrogen-bond acceptors (Lipinski definition) is 7. The van der Waals surface area contributed by atoms with E-state index in [0.717, 1.165) is 36.7 Å². The number of halogens is 3. The molecule has 0 unspecified atom stereocenters. The second kappa shape index (κ2) is 9.26. The first kappa shape index (κ1) is 22.7. The van der Waals surface area contributed by atoms with Gasteiger partial charge in [-0.1, -0.05) is 0 Å². The molecule has 0 atom stereocenters. The average molecular weight is 482 g/mol. The Balaban J connectivity index is 1.43. The second-order valence-corrected chi connectivity index (χ2v) is 7.95. The van der Waals surface area contributed by atoms with Crippen molar-refractivity contribution in [2.45, 2.75) is 6.18 Å². The number of nitrogens with zero attached hydrogens (tertiary/aromatic N) is 3. The predicted molar refractivity (Wildman–Crippen MR) is 128 cm³/mol. The van der Waals surface area contributed by atoms with Crippen molar-refractivity contribution in [3.05, 3.63) is 76.8 Å². The number of alkyl halides is 3. The van der Waals surface area contributed by atoms with E-state index in [9.17, 15) is 18.0 Å². The molecule has 1 aliphatic rings. The van der Waals surface area contributed by atoms with Crippen LogP contribution in [0.25, 0.3) is 10.8 Å². The first-order valence-corrected chi connectivity index (χ1v) is 10.9. The summed E-state index contributed by atoms with van der Waals surface area (Å²) in [5, 5.41) is 7.06. The summed E-state index contributed by atoms with van der Waals surface area (Å²) in [7, 11) is 0. The Morgan fingerprint density at radius 1 is 0.971 bits per heavy atom. The number of anilines is 5. The SMILES string of the molecule is O=c1[nH]ccc2cc(Nc3ccc(C(F)(F)F)cn3)nc(Nc3ccc(N4CCOCC4)cc3)c12. The van der Waals surface area contributed by atoms with Gasteiger partial charge in [-0.2, -0.15) is 13.2 Å². The molecule has 0 bridgehead atoms. The van der Waals surface area contributed by atoms with Crippen LogP contribution in [0.2, 0.25) is 0 Å². The van der Waals surface area contributed by atoms with E-state index in [1.54, 1.807) is 12.1 Å². The molecule has 180 valence electrons. The van der Waals surface area contributed by atoms with E-state index >= 15 is 0 Å². The van der Waals surface area contributed by atoms with Crippen molar-refractivity contribution < 1.29 is 17.9 Å². The van der Waals surface area contributed by atoms with Gasteiger partial charge in [-0.05, 0) is 53.9 Å². The van der Waals surface area contributed by atoms with E-state index in [2.05, 4.69) is 30.5 Å².